The van der Waals surface area contributed by atoms with Crippen molar-refractivity contribution in [3.05, 3.63) is 34.6 Å². The van der Waals surface area contributed by atoms with Gasteiger partial charge in [-0.3, -0.25) is 4.99 Å². The van der Waals surface area contributed by atoms with Crippen molar-refractivity contribution in [1.29, 1.82) is 0 Å². The van der Waals surface area contributed by atoms with E-state index in [0.29, 0.717) is 23.6 Å². The molecule has 0 saturated heterocycles. The molecule has 0 bridgehead atoms. The number of hydrogen-bond acceptors (Lipinski definition) is 3. The van der Waals surface area contributed by atoms with E-state index in [1.807, 2.05) is 0 Å². The van der Waals surface area contributed by atoms with Gasteiger partial charge in [0.05, 0.1) is 12.6 Å². The minimum absolute atomic E-state index is 0.0428. The predicted molar refractivity (Wildman–Crippen MR) is 84.0 cm³/mol. The minimum atomic E-state index is -0.309. The molecule has 1 aromatic carbocycles. The zero-order valence-electron chi connectivity index (χ0n) is 12.1. The molecule has 3 rings (SSSR count). The van der Waals surface area contributed by atoms with E-state index in [2.05, 4.69) is 9.89 Å². The molecule has 1 aromatic rings. The number of guanidine groups is 1. The largest absolute Gasteiger partial charge is 0.370 e. The Labute approximate surface area is 130 Å². The van der Waals surface area contributed by atoms with Crippen molar-refractivity contribution in [2.45, 2.75) is 50.6 Å². The maximum atomic E-state index is 13.3. The van der Waals surface area contributed by atoms with Crippen LogP contribution in [0.15, 0.2) is 23.2 Å². The molecule has 0 aromatic heterocycles. The monoisotopic (exact) mass is 309 g/mol. The van der Waals surface area contributed by atoms with Gasteiger partial charge in [0.1, 0.15) is 5.82 Å². The van der Waals surface area contributed by atoms with E-state index >= 15 is 0 Å². The molecule has 1 saturated carbocycles. The Hall–Kier alpha value is -1.29. The highest BCUT2D eigenvalue weighted by Gasteiger charge is 2.34. The maximum absolute atomic E-state index is 13.3. The molecular weight excluding hydrogens is 289 g/mol. The standard InChI is InChI=1S/C16H21ClFN3/c17-14-9-11(18)7-8-13(14)15-10-20-16(19)21(15)12-5-3-1-2-4-6-12/h7-9,12,15H,1-6,10H2,(H2,19,20). The molecule has 5 heteroatoms. The molecule has 1 aliphatic heterocycles. The van der Waals surface area contributed by atoms with Gasteiger partial charge in [0.25, 0.3) is 0 Å². The molecule has 21 heavy (non-hydrogen) atoms. The third kappa shape index (κ3) is 3.00. The lowest BCUT2D eigenvalue weighted by Crippen LogP contribution is -2.43. The van der Waals surface area contributed by atoms with Crippen LogP contribution in [-0.2, 0) is 0 Å². The molecule has 1 atom stereocenters. The first-order chi connectivity index (χ1) is 10.2. The minimum Gasteiger partial charge on any atom is -0.370 e. The van der Waals surface area contributed by atoms with Crippen molar-refractivity contribution in [2.75, 3.05) is 6.54 Å². The van der Waals surface area contributed by atoms with Gasteiger partial charge in [-0.2, -0.15) is 0 Å². The zero-order valence-corrected chi connectivity index (χ0v) is 12.8. The van der Waals surface area contributed by atoms with Gasteiger partial charge in [-0.25, -0.2) is 4.39 Å². The normalized spacial score (nSPS) is 24.0. The molecule has 1 unspecified atom stereocenters. The van der Waals surface area contributed by atoms with Crippen molar-refractivity contribution in [1.82, 2.24) is 4.90 Å². The molecule has 0 amide bonds. The lowest BCUT2D eigenvalue weighted by atomic mass is 10.0. The van der Waals surface area contributed by atoms with Gasteiger partial charge >= 0.3 is 0 Å². The van der Waals surface area contributed by atoms with E-state index in [4.69, 9.17) is 17.3 Å². The first kappa shape index (κ1) is 14.6. The molecule has 2 aliphatic rings. The van der Waals surface area contributed by atoms with Crippen LogP contribution in [0.5, 0.6) is 0 Å². The second kappa shape index (κ2) is 6.22. The van der Waals surface area contributed by atoms with Gasteiger partial charge in [0.2, 0.25) is 0 Å². The van der Waals surface area contributed by atoms with E-state index in [0.717, 1.165) is 18.4 Å². The highest BCUT2D eigenvalue weighted by atomic mass is 35.5. The van der Waals surface area contributed by atoms with E-state index in [9.17, 15) is 4.39 Å². The van der Waals surface area contributed by atoms with E-state index < -0.39 is 0 Å². The Morgan fingerprint density at radius 2 is 1.90 bits per heavy atom. The number of halogens is 2. The molecule has 114 valence electrons. The quantitative estimate of drug-likeness (QED) is 0.843. The summed E-state index contributed by atoms with van der Waals surface area (Å²) in [6, 6.07) is 5.06. The molecule has 1 fully saturated rings. The molecule has 2 N–H and O–H groups in total. The van der Waals surface area contributed by atoms with Gasteiger partial charge in [-0.15, -0.1) is 0 Å². The Kier molecular flexibility index (Phi) is 4.34. The highest BCUT2D eigenvalue weighted by molar-refractivity contribution is 6.31. The fourth-order valence-electron chi connectivity index (χ4n) is 3.51. The van der Waals surface area contributed by atoms with Crippen molar-refractivity contribution in [2.24, 2.45) is 10.7 Å². The molecule has 1 heterocycles. The average Bonchev–Trinajstić information content (AvgIpc) is 2.67. The van der Waals surface area contributed by atoms with Crippen LogP contribution in [0.3, 0.4) is 0 Å². The fourth-order valence-corrected chi connectivity index (χ4v) is 3.80. The SMILES string of the molecule is NC1=NCC(c2ccc(F)cc2Cl)N1C1CCCCCC1. The van der Waals surface area contributed by atoms with Crippen LogP contribution in [0, 0.1) is 5.82 Å². The van der Waals surface area contributed by atoms with Crippen molar-refractivity contribution in [3.8, 4) is 0 Å². The van der Waals surface area contributed by atoms with Crippen LogP contribution in [0.4, 0.5) is 4.39 Å². The van der Waals surface area contributed by atoms with Crippen LogP contribution < -0.4 is 5.73 Å². The Balaban J connectivity index is 1.87. The van der Waals surface area contributed by atoms with E-state index in [-0.39, 0.29) is 11.9 Å². The number of benzene rings is 1. The van der Waals surface area contributed by atoms with Crippen LogP contribution in [0.1, 0.15) is 50.1 Å². The summed E-state index contributed by atoms with van der Waals surface area (Å²) in [5, 5.41) is 0.462. The third-order valence-corrected chi connectivity index (χ3v) is 4.89. The molecule has 0 radical (unpaired) electrons. The van der Waals surface area contributed by atoms with Gasteiger partial charge in [-0.05, 0) is 30.5 Å². The van der Waals surface area contributed by atoms with Gasteiger partial charge in [0.15, 0.2) is 5.96 Å². The van der Waals surface area contributed by atoms with Crippen LogP contribution >= 0.6 is 11.6 Å². The number of rotatable bonds is 2. The number of nitrogens with two attached hydrogens (primary N) is 1. The smallest absolute Gasteiger partial charge is 0.192 e. The van der Waals surface area contributed by atoms with Gasteiger partial charge in [-0.1, -0.05) is 43.4 Å². The van der Waals surface area contributed by atoms with Crippen LogP contribution in [-0.4, -0.2) is 23.4 Å². The van der Waals surface area contributed by atoms with Gasteiger partial charge < -0.3 is 10.6 Å². The van der Waals surface area contributed by atoms with Crippen LogP contribution in [0.2, 0.25) is 5.02 Å². The predicted octanol–water partition coefficient (Wildman–Crippen LogP) is 3.87. The van der Waals surface area contributed by atoms with E-state index in [1.54, 1.807) is 6.07 Å². The molecule has 3 nitrogen and oxygen atoms in total. The van der Waals surface area contributed by atoms with Crippen molar-refractivity contribution in [3.63, 3.8) is 0 Å². The maximum Gasteiger partial charge on any atom is 0.192 e. The summed E-state index contributed by atoms with van der Waals surface area (Å²) >= 11 is 6.24. The summed E-state index contributed by atoms with van der Waals surface area (Å²) in [6.45, 7) is 0.605. The first-order valence-electron chi connectivity index (χ1n) is 7.70. The Morgan fingerprint density at radius 3 is 2.57 bits per heavy atom. The van der Waals surface area contributed by atoms with Crippen molar-refractivity contribution >= 4 is 17.6 Å². The average molecular weight is 310 g/mol. The molecule has 1 aliphatic carbocycles. The Bertz CT molecular complexity index is 538. The first-order valence-corrected chi connectivity index (χ1v) is 8.08. The van der Waals surface area contributed by atoms with Gasteiger partial charge in [0, 0.05) is 11.1 Å². The summed E-state index contributed by atoms with van der Waals surface area (Å²) in [5.41, 5.74) is 7.05. The summed E-state index contributed by atoms with van der Waals surface area (Å²) in [4.78, 5) is 6.63. The molecule has 0 spiro atoms. The highest BCUT2D eigenvalue weighted by Crippen LogP contribution is 2.35. The lowest BCUT2D eigenvalue weighted by Gasteiger charge is -2.34. The lowest BCUT2D eigenvalue weighted by molar-refractivity contribution is 0.237. The Morgan fingerprint density at radius 1 is 1.19 bits per heavy atom. The number of hydrogen-bond donors (Lipinski definition) is 1. The second-order valence-corrected chi connectivity index (χ2v) is 6.34. The fraction of sp³-hybridized carbons (Fsp3) is 0.562. The number of nitrogens with zero attached hydrogens (tertiary/aromatic N) is 2. The zero-order chi connectivity index (χ0) is 14.8. The topological polar surface area (TPSA) is 41.6 Å². The summed E-state index contributed by atoms with van der Waals surface area (Å²) in [6.07, 6.45) is 7.35. The summed E-state index contributed by atoms with van der Waals surface area (Å²) in [5.74, 6) is 0.295. The van der Waals surface area contributed by atoms with Crippen LogP contribution in [0.25, 0.3) is 0 Å². The molecular formula is C16H21ClFN3. The third-order valence-electron chi connectivity index (χ3n) is 4.57. The second-order valence-electron chi connectivity index (χ2n) is 5.93. The summed E-state index contributed by atoms with van der Waals surface area (Å²) < 4.78 is 13.3. The summed E-state index contributed by atoms with van der Waals surface area (Å²) in [7, 11) is 0. The number of aliphatic imine (C=N–C) groups is 1. The van der Waals surface area contributed by atoms with Crippen molar-refractivity contribution < 1.29 is 4.39 Å². The van der Waals surface area contributed by atoms with E-state index in [1.165, 1.54) is 37.8 Å².